The van der Waals surface area contributed by atoms with E-state index in [1.165, 1.54) is 0 Å². The number of imidazole rings is 1. The Balaban J connectivity index is 1.65. The molecule has 1 amide bonds. The van der Waals surface area contributed by atoms with Crippen molar-refractivity contribution < 1.29 is 9.90 Å². The molecule has 1 aromatic carbocycles. The normalized spacial score (nSPS) is 24.3. The predicted molar refractivity (Wildman–Crippen MR) is 96.9 cm³/mol. The van der Waals surface area contributed by atoms with Gasteiger partial charge < -0.3 is 24.8 Å². The number of benzene rings is 1. The van der Waals surface area contributed by atoms with Crippen molar-refractivity contribution in [2.45, 2.75) is 25.5 Å². The molecular formula is C18H25N5O2. The average Bonchev–Trinajstić information content (AvgIpc) is 3.18. The molecule has 1 aromatic heterocycles. The zero-order valence-corrected chi connectivity index (χ0v) is 14.8. The molecule has 2 aliphatic heterocycles. The number of nitrogens with one attached hydrogen (secondary N) is 1. The lowest BCUT2D eigenvalue weighted by molar-refractivity contribution is 0.0656. The number of rotatable bonds is 2. The van der Waals surface area contributed by atoms with Gasteiger partial charge in [0.1, 0.15) is 0 Å². The van der Waals surface area contributed by atoms with Crippen molar-refractivity contribution in [1.29, 1.82) is 0 Å². The highest BCUT2D eigenvalue weighted by Gasteiger charge is 2.26. The summed E-state index contributed by atoms with van der Waals surface area (Å²) in [6, 6.07) is 5.95. The topological polar surface area (TPSA) is 73.6 Å². The second-order valence-electron chi connectivity index (χ2n) is 7.11. The van der Waals surface area contributed by atoms with Gasteiger partial charge in [-0.05, 0) is 31.5 Å². The molecule has 3 heterocycles. The molecule has 0 bridgehead atoms. The molecule has 134 valence electrons. The largest absolute Gasteiger partial charge is 0.391 e. The van der Waals surface area contributed by atoms with Crippen molar-refractivity contribution in [3.05, 3.63) is 23.8 Å². The summed E-state index contributed by atoms with van der Waals surface area (Å²) >= 11 is 0. The van der Waals surface area contributed by atoms with E-state index in [1.807, 2.05) is 34.7 Å². The van der Waals surface area contributed by atoms with E-state index in [0.29, 0.717) is 12.1 Å². The van der Waals surface area contributed by atoms with Gasteiger partial charge in [0.25, 0.3) is 5.91 Å². The van der Waals surface area contributed by atoms with Crippen LogP contribution in [0.4, 0.5) is 5.95 Å². The Hall–Kier alpha value is -2.12. The number of anilines is 1. The summed E-state index contributed by atoms with van der Waals surface area (Å²) in [7, 11) is 1.98. The molecule has 2 fully saturated rings. The number of carbonyl (C=O) groups is 1. The van der Waals surface area contributed by atoms with Crippen LogP contribution in [0.1, 0.15) is 23.7 Å². The van der Waals surface area contributed by atoms with Crippen molar-refractivity contribution in [3.8, 4) is 0 Å². The van der Waals surface area contributed by atoms with E-state index in [1.54, 1.807) is 0 Å². The summed E-state index contributed by atoms with van der Waals surface area (Å²) in [5.74, 6) is 0.923. The maximum absolute atomic E-state index is 12.9. The predicted octanol–water partition coefficient (Wildman–Crippen LogP) is 0.578. The smallest absolute Gasteiger partial charge is 0.254 e. The lowest BCUT2D eigenvalue weighted by Gasteiger charge is -2.34. The van der Waals surface area contributed by atoms with Gasteiger partial charge in [-0.25, -0.2) is 4.98 Å². The molecule has 0 aliphatic carbocycles. The van der Waals surface area contributed by atoms with Crippen LogP contribution in [0.25, 0.3) is 11.0 Å². The van der Waals surface area contributed by atoms with Gasteiger partial charge in [0.15, 0.2) is 0 Å². The third-order valence-electron chi connectivity index (χ3n) is 5.31. The number of carbonyl (C=O) groups excluding carboxylic acids is 1. The zero-order valence-electron chi connectivity index (χ0n) is 14.8. The Bertz CT molecular complexity index is 802. The van der Waals surface area contributed by atoms with E-state index < -0.39 is 0 Å². The monoisotopic (exact) mass is 343 g/mol. The van der Waals surface area contributed by atoms with E-state index >= 15 is 0 Å². The number of amides is 1. The number of nitrogens with zero attached hydrogens (tertiary/aromatic N) is 4. The summed E-state index contributed by atoms with van der Waals surface area (Å²) in [5.41, 5.74) is 2.51. The zero-order chi connectivity index (χ0) is 17.6. The van der Waals surface area contributed by atoms with Crippen molar-refractivity contribution in [1.82, 2.24) is 19.8 Å². The Morgan fingerprint density at radius 3 is 2.92 bits per heavy atom. The van der Waals surface area contributed by atoms with Crippen LogP contribution in [0.3, 0.4) is 0 Å². The van der Waals surface area contributed by atoms with Crippen LogP contribution in [0, 0.1) is 0 Å². The Labute approximate surface area is 147 Å². The summed E-state index contributed by atoms with van der Waals surface area (Å²) in [6.07, 6.45) is 0.486. The lowest BCUT2D eigenvalue weighted by atomic mass is 10.1. The van der Waals surface area contributed by atoms with Gasteiger partial charge in [-0.1, -0.05) is 0 Å². The van der Waals surface area contributed by atoms with Gasteiger partial charge in [-0.3, -0.25) is 4.79 Å². The molecule has 0 radical (unpaired) electrons. The summed E-state index contributed by atoms with van der Waals surface area (Å²) in [5, 5.41) is 13.1. The quantitative estimate of drug-likeness (QED) is 0.834. The third kappa shape index (κ3) is 2.87. The molecule has 2 saturated heterocycles. The molecule has 0 saturated carbocycles. The molecule has 2 aromatic rings. The molecule has 2 N–H and O–H groups in total. The second kappa shape index (κ2) is 6.31. The number of aliphatic hydroxyl groups excluding tert-OH is 1. The number of aryl methyl sites for hydroxylation is 1. The first-order valence-corrected chi connectivity index (χ1v) is 8.96. The number of fused-ring (bicyclic) bond motifs is 1. The molecule has 4 rings (SSSR count). The third-order valence-corrected chi connectivity index (χ3v) is 5.31. The molecular weight excluding hydrogens is 318 g/mol. The SMILES string of the molecule is C[C@@H]1CNCCN1C(=O)c1ccc2c(c1)nc(N1CC[C@H](O)C1)n2C. The maximum atomic E-state index is 12.9. The van der Waals surface area contributed by atoms with Crippen LogP contribution in [0.2, 0.25) is 0 Å². The van der Waals surface area contributed by atoms with E-state index in [9.17, 15) is 9.90 Å². The lowest BCUT2D eigenvalue weighted by Crippen LogP contribution is -2.52. The van der Waals surface area contributed by atoms with Crippen LogP contribution in [0.15, 0.2) is 18.2 Å². The van der Waals surface area contributed by atoms with E-state index in [4.69, 9.17) is 4.98 Å². The standard InChI is InChI=1S/C18H25N5O2/c1-12-10-19-6-8-23(12)17(25)13-3-4-16-15(9-13)20-18(21(16)2)22-7-5-14(24)11-22/h3-4,9,12,14,19,24H,5-8,10-11H2,1-2H3/t12-,14+/m1/s1. The van der Waals surface area contributed by atoms with Crippen LogP contribution in [0.5, 0.6) is 0 Å². The van der Waals surface area contributed by atoms with Crippen LogP contribution < -0.4 is 10.2 Å². The van der Waals surface area contributed by atoms with Gasteiger partial charge in [0.05, 0.1) is 17.1 Å². The highest BCUT2D eigenvalue weighted by atomic mass is 16.3. The number of piperazine rings is 1. The first kappa shape index (κ1) is 16.4. The molecule has 25 heavy (non-hydrogen) atoms. The number of hydrogen-bond acceptors (Lipinski definition) is 5. The van der Waals surface area contributed by atoms with Crippen molar-refractivity contribution in [3.63, 3.8) is 0 Å². The van der Waals surface area contributed by atoms with Crippen molar-refractivity contribution in [2.75, 3.05) is 37.6 Å². The number of aromatic nitrogens is 2. The molecule has 0 spiro atoms. The Kier molecular flexibility index (Phi) is 4.13. The van der Waals surface area contributed by atoms with Gasteiger partial charge in [0, 0.05) is 51.4 Å². The minimum absolute atomic E-state index is 0.0692. The van der Waals surface area contributed by atoms with Gasteiger partial charge in [-0.15, -0.1) is 0 Å². The number of β-amino-alcohol motifs (C(OH)–C–C–N with tert-alkyl or cyclic N) is 1. The van der Waals surface area contributed by atoms with E-state index in [0.717, 1.165) is 49.6 Å². The summed E-state index contributed by atoms with van der Waals surface area (Å²) in [4.78, 5) is 21.6. The molecule has 7 heteroatoms. The van der Waals surface area contributed by atoms with E-state index in [2.05, 4.69) is 17.1 Å². The van der Waals surface area contributed by atoms with Crippen molar-refractivity contribution in [2.24, 2.45) is 7.05 Å². The summed E-state index contributed by atoms with van der Waals surface area (Å²) in [6.45, 7) is 5.89. The van der Waals surface area contributed by atoms with Gasteiger partial charge in [0.2, 0.25) is 5.95 Å². The highest BCUT2D eigenvalue weighted by molar-refractivity contribution is 5.98. The number of aliphatic hydroxyl groups is 1. The fourth-order valence-electron chi connectivity index (χ4n) is 3.84. The van der Waals surface area contributed by atoms with Crippen LogP contribution in [-0.4, -0.2) is 70.3 Å². The highest BCUT2D eigenvalue weighted by Crippen LogP contribution is 2.25. The minimum Gasteiger partial charge on any atom is -0.391 e. The minimum atomic E-state index is -0.286. The van der Waals surface area contributed by atoms with Gasteiger partial charge >= 0.3 is 0 Å². The fourth-order valence-corrected chi connectivity index (χ4v) is 3.84. The maximum Gasteiger partial charge on any atom is 0.254 e. The van der Waals surface area contributed by atoms with E-state index in [-0.39, 0.29) is 18.1 Å². The average molecular weight is 343 g/mol. The van der Waals surface area contributed by atoms with Crippen molar-refractivity contribution >= 4 is 22.9 Å². The molecule has 7 nitrogen and oxygen atoms in total. The Morgan fingerprint density at radius 2 is 2.20 bits per heavy atom. The fraction of sp³-hybridized carbons (Fsp3) is 0.556. The molecule has 2 atom stereocenters. The molecule has 2 aliphatic rings. The molecule has 0 unspecified atom stereocenters. The second-order valence-corrected chi connectivity index (χ2v) is 7.11. The van der Waals surface area contributed by atoms with Gasteiger partial charge in [-0.2, -0.15) is 0 Å². The first-order valence-electron chi connectivity index (χ1n) is 8.96. The number of hydrogen-bond donors (Lipinski definition) is 2. The summed E-state index contributed by atoms with van der Waals surface area (Å²) < 4.78 is 2.04. The first-order chi connectivity index (χ1) is 12.0. The van der Waals surface area contributed by atoms with Crippen LogP contribution >= 0.6 is 0 Å². The van der Waals surface area contributed by atoms with Crippen LogP contribution in [-0.2, 0) is 7.05 Å². The Morgan fingerprint density at radius 1 is 1.36 bits per heavy atom.